The van der Waals surface area contributed by atoms with Crippen LogP contribution < -0.4 is 4.90 Å². The van der Waals surface area contributed by atoms with E-state index < -0.39 is 0 Å². The molecule has 0 radical (unpaired) electrons. The summed E-state index contributed by atoms with van der Waals surface area (Å²) in [4.78, 5) is 2.48. The number of rotatable bonds is 3. The Morgan fingerprint density at radius 1 is 0.298 bits per heavy atom. The van der Waals surface area contributed by atoms with Gasteiger partial charge in [0.15, 0.2) is 0 Å². The van der Waals surface area contributed by atoms with Crippen molar-refractivity contribution in [3.63, 3.8) is 0 Å². The number of benzene rings is 7. The molecule has 0 bridgehead atoms. The van der Waals surface area contributed by atoms with Crippen LogP contribution in [0.1, 0.15) is 0 Å². The molecule has 0 unspecified atom stereocenters. The molecule has 0 atom stereocenters. The second-order valence-corrected chi connectivity index (χ2v) is 12.1. The Bertz CT molecular complexity index is 2590. The molecule has 3 heteroatoms. The maximum atomic E-state index is 2.48. The molecule has 0 aliphatic carbocycles. The van der Waals surface area contributed by atoms with E-state index in [-0.39, 0.29) is 0 Å². The van der Waals surface area contributed by atoms with E-state index in [0.717, 1.165) is 28.4 Å². The Morgan fingerprint density at radius 3 is 1.40 bits per heavy atom. The highest BCUT2D eigenvalue weighted by Gasteiger charge is 2.32. The van der Waals surface area contributed by atoms with E-state index in [1.54, 1.807) is 0 Å². The van der Waals surface area contributed by atoms with Crippen molar-refractivity contribution in [2.75, 3.05) is 4.90 Å². The Morgan fingerprint density at radius 2 is 0.745 bits per heavy atom. The SMILES string of the molecule is c1ccc(-n2c3c(c4ccccc42)-c2ccccc2N(c2ccccc2-n2c4ccccc4c4ccccc42)c2ccccc2-3)cc1. The first kappa shape index (κ1) is 26.0. The fourth-order valence-corrected chi connectivity index (χ4v) is 7.78. The molecule has 0 N–H and O–H groups in total. The highest BCUT2D eigenvalue weighted by atomic mass is 15.2. The normalized spacial score (nSPS) is 12.2. The molecule has 0 amide bonds. The number of aromatic nitrogens is 2. The fraction of sp³-hybridized carbons (Fsp3) is 0. The first-order valence-electron chi connectivity index (χ1n) is 16.1. The molecule has 9 aromatic rings. The summed E-state index contributed by atoms with van der Waals surface area (Å²) in [5.41, 5.74) is 14.2. The van der Waals surface area contributed by atoms with Crippen LogP contribution in [0.15, 0.2) is 176 Å². The molecule has 47 heavy (non-hydrogen) atoms. The number of anilines is 3. The Balaban J connectivity index is 1.34. The first-order valence-corrected chi connectivity index (χ1v) is 16.1. The van der Waals surface area contributed by atoms with Crippen LogP contribution in [0.4, 0.5) is 17.1 Å². The lowest BCUT2D eigenvalue weighted by Crippen LogP contribution is -2.14. The largest absolute Gasteiger partial charge is 0.309 e. The summed E-state index contributed by atoms with van der Waals surface area (Å²) in [6, 6.07) is 63.7. The number of fused-ring (bicyclic) bond motifs is 10. The molecule has 2 aromatic heterocycles. The quantitative estimate of drug-likeness (QED) is 0.197. The fourth-order valence-electron chi connectivity index (χ4n) is 7.78. The van der Waals surface area contributed by atoms with Crippen molar-refractivity contribution in [3.8, 4) is 33.8 Å². The molecule has 7 aromatic carbocycles. The predicted molar refractivity (Wildman–Crippen MR) is 197 cm³/mol. The Kier molecular flexibility index (Phi) is 5.57. The average Bonchev–Trinajstić information content (AvgIpc) is 3.62. The van der Waals surface area contributed by atoms with Gasteiger partial charge in [-0.1, -0.05) is 121 Å². The molecular formula is C44H29N3. The molecule has 0 saturated carbocycles. The molecule has 0 saturated heterocycles. The van der Waals surface area contributed by atoms with Crippen LogP contribution in [0.2, 0.25) is 0 Å². The van der Waals surface area contributed by atoms with Gasteiger partial charge in [0, 0.05) is 38.5 Å². The highest BCUT2D eigenvalue weighted by molar-refractivity contribution is 6.14. The van der Waals surface area contributed by atoms with Gasteiger partial charge in [0.1, 0.15) is 0 Å². The molecule has 3 heterocycles. The van der Waals surface area contributed by atoms with Crippen LogP contribution in [0.25, 0.3) is 66.5 Å². The summed E-state index contributed by atoms with van der Waals surface area (Å²) in [6.07, 6.45) is 0. The molecule has 0 spiro atoms. The third-order valence-electron chi connectivity index (χ3n) is 9.65. The monoisotopic (exact) mass is 599 g/mol. The molecule has 0 fully saturated rings. The van der Waals surface area contributed by atoms with Gasteiger partial charge in [-0.05, 0) is 54.6 Å². The van der Waals surface area contributed by atoms with Crippen LogP contribution >= 0.6 is 0 Å². The second-order valence-electron chi connectivity index (χ2n) is 12.1. The lowest BCUT2D eigenvalue weighted by molar-refractivity contribution is 1.13. The summed E-state index contributed by atoms with van der Waals surface area (Å²) in [5.74, 6) is 0. The van der Waals surface area contributed by atoms with Gasteiger partial charge in [0.2, 0.25) is 0 Å². The number of nitrogens with zero attached hydrogens (tertiary/aromatic N) is 3. The maximum absolute atomic E-state index is 2.48. The van der Waals surface area contributed by atoms with Gasteiger partial charge in [-0.3, -0.25) is 0 Å². The van der Waals surface area contributed by atoms with Crippen molar-refractivity contribution in [3.05, 3.63) is 176 Å². The number of hydrogen-bond donors (Lipinski definition) is 0. The predicted octanol–water partition coefficient (Wildman–Crippen LogP) is 11.8. The number of para-hydroxylation sites is 8. The zero-order valence-corrected chi connectivity index (χ0v) is 25.6. The zero-order chi connectivity index (χ0) is 30.9. The van der Waals surface area contributed by atoms with Gasteiger partial charge in [-0.2, -0.15) is 0 Å². The highest BCUT2D eigenvalue weighted by Crippen LogP contribution is 2.55. The number of hydrogen-bond acceptors (Lipinski definition) is 1. The van der Waals surface area contributed by atoms with Crippen molar-refractivity contribution >= 4 is 49.8 Å². The van der Waals surface area contributed by atoms with Crippen LogP contribution in [0.3, 0.4) is 0 Å². The van der Waals surface area contributed by atoms with Crippen LogP contribution in [0.5, 0.6) is 0 Å². The summed E-state index contributed by atoms with van der Waals surface area (Å²) >= 11 is 0. The lowest BCUT2D eigenvalue weighted by Gasteiger charge is -2.30. The van der Waals surface area contributed by atoms with E-state index in [0.29, 0.717) is 0 Å². The maximum Gasteiger partial charge on any atom is 0.0702 e. The standard InChI is InChI=1S/C44H29N3/c1-2-16-30(17-3-1)45-38-25-11-6-20-33(38)43-34-21-7-12-26-39(34)47(40-27-13-8-22-35(40)44(43)45)42-29-15-14-28-41(42)46-36-23-9-4-18-31(36)32-19-5-10-24-37(32)46/h1-29H. The minimum Gasteiger partial charge on any atom is -0.309 e. The van der Waals surface area contributed by atoms with E-state index in [2.05, 4.69) is 190 Å². The first-order chi connectivity index (χ1) is 23.4. The zero-order valence-electron chi connectivity index (χ0n) is 25.6. The Labute approximate surface area is 272 Å². The van der Waals surface area contributed by atoms with Gasteiger partial charge in [-0.15, -0.1) is 0 Å². The van der Waals surface area contributed by atoms with Crippen LogP contribution in [-0.2, 0) is 0 Å². The molecule has 220 valence electrons. The van der Waals surface area contributed by atoms with Crippen molar-refractivity contribution in [1.82, 2.24) is 9.13 Å². The van der Waals surface area contributed by atoms with Crippen molar-refractivity contribution in [1.29, 1.82) is 0 Å². The van der Waals surface area contributed by atoms with Gasteiger partial charge in [0.25, 0.3) is 0 Å². The van der Waals surface area contributed by atoms with E-state index in [1.165, 1.54) is 55.1 Å². The Hall–Kier alpha value is -6.32. The summed E-state index contributed by atoms with van der Waals surface area (Å²) in [5, 5.41) is 3.75. The topological polar surface area (TPSA) is 13.1 Å². The van der Waals surface area contributed by atoms with Crippen LogP contribution in [0, 0.1) is 0 Å². The van der Waals surface area contributed by atoms with E-state index >= 15 is 0 Å². The summed E-state index contributed by atoms with van der Waals surface area (Å²) in [6.45, 7) is 0. The summed E-state index contributed by atoms with van der Waals surface area (Å²) in [7, 11) is 0. The van der Waals surface area contributed by atoms with E-state index in [4.69, 9.17) is 0 Å². The molecule has 10 rings (SSSR count). The molecule has 1 aliphatic heterocycles. The molecule has 3 nitrogen and oxygen atoms in total. The minimum absolute atomic E-state index is 1.12. The van der Waals surface area contributed by atoms with Gasteiger partial charge < -0.3 is 14.0 Å². The summed E-state index contributed by atoms with van der Waals surface area (Å²) < 4.78 is 4.88. The van der Waals surface area contributed by atoms with Crippen molar-refractivity contribution in [2.45, 2.75) is 0 Å². The van der Waals surface area contributed by atoms with Gasteiger partial charge in [0.05, 0.1) is 45.0 Å². The van der Waals surface area contributed by atoms with E-state index in [1.807, 2.05) is 0 Å². The molecular weight excluding hydrogens is 571 g/mol. The average molecular weight is 600 g/mol. The van der Waals surface area contributed by atoms with E-state index in [9.17, 15) is 0 Å². The van der Waals surface area contributed by atoms with Gasteiger partial charge in [-0.25, -0.2) is 0 Å². The minimum atomic E-state index is 1.12. The smallest absolute Gasteiger partial charge is 0.0702 e. The van der Waals surface area contributed by atoms with Gasteiger partial charge >= 0.3 is 0 Å². The van der Waals surface area contributed by atoms with Crippen molar-refractivity contribution in [2.24, 2.45) is 0 Å². The third-order valence-corrected chi connectivity index (χ3v) is 9.65. The molecule has 1 aliphatic rings. The van der Waals surface area contributed by atoms with Crippen molar-refractivity contribution < 1.29 is 0 Å². The lowest BCUT2D eigenvalue weighted by atomic mass is 9.98. The third kappa shape index (κ3) is 3.68. The second kappa shape index (κ2) is 10.1. The van der Waals surface area contributed by atoms with Crippen LogP contribution in [-0.4, -0.2) is 9.13 Å².